The number of halogens is 4. The molecule has 0 fully saturated rings. The number of hydrogen-bond donors (Lipinski definition) is 0. The summed E-state index contributed by atoms with van der Waals surface area (Å²) in [6, 6.07) is 5.86. The van der Waals surface area contributed by atoms with Crippen molar-refractivity contribution in [2.75, 3.05) is 0 Å². The van der Waals surface area contributed by atoms with Gasteiger partial charge in [-0.15, -0.1) is 0 Å². The average Bonchev–Trinajstić information content (AvgIpc) is 2.15. The zero-order valence-electron chi connectivity index (χ0n) is 7.35. The number of alkyl halides is 3. The van der Waals surface area contributed by atoms with E-state index in [1.54, 1.807) is 12.1 Å². The Labute approximate surface area is 92.1 Å². The zero-order chi connectivity index (χ0) is 11.1. The van der Waals surface area contributed by atoms with E-state index in [1.165, 1.54) is 12.3 Å². The highest BCUT2D eigenvalue weighted by Crippen LogP contribution is 2.36. The van der Waals surface area contributed by atoms with Crippen molar-refractivity contribution in [3.8, 4) is 0 Å². The van der Waals surface area contributed by atoms with Crippen LogP contribution in [0.2, 0.25) is 0 Å². The topological polar surface area (TPSA) is 12.9 Å². The second-order valence-electron chi connectivity index (χ2n) is 3.03. The van der Waals surface area contributed by atoms with E-state index in [9.17, 15) is 13.2 Å². The van der Waals surface area contributed by atoms with E-state index < -0.39 is 11.7 Å². The highest BCUT2D eigenvalue weighted by molar-refractivity contribution is 9.10. The summed E-state index contributed by atoms with van der Waals surface area (Å²) in [6.07, 6.45) is -2.89. The van der Waals surface area contributed by atoms with Crippen molar-refractivity contribution in [1.29, 1.82) is 0 Å². The molecule has 0 aliphatic carbocycles. The summed E-state index contributed by atoms with van der Waals surface area (Å²) < 4.78 is 37.6. The van der Waals surface area contributed by atoms with Crippen LogP contribution in [0, 0.1) is 0 Å². The third-order valence-electron chi connectivity index (χ3n) is 2.00. The van der Waals surface area contributed by atoms with Crippen LogP contribution in [-0.2, 0) is 6.18 Å². The fourth-order valence-electron chi connectivity index (χ4n) is 1.31. The monoisotopic (exact) mass is 275 g/mol. The van der Waals surface area contributed by atoms with Gasteiger partial charge in [-0.1, -0.05) is 22.0 Å². The second kappa shape index (κ2) is 3.48. The standard InChI is InChI=1S/C10H5BrF3N/c11-8-4-6-2-1-3-15-9(6)5-7(8)10(12,13)14/h1-5H. The van der Waals surface area contributed by atoms with E-state index in [4.69, 9.17) is 0 Å². The van der Waals surface area contributed by atoms with Gasteiger partial charge in [0.25, 0.3) is 0 Å². The van der Waals surface area contributed by atoms with Crippen molar-refractivity contribution in [1.82, 2.24) is 4.98 Å². The fourth-order valence-corrected chi connectivity index (χ4v) is 1.90. The lowest BCUT2D eigenvalue weighted by molar-refractivity contribution is -0.138. The third kappa shape index (κ3) is 1.97. The molecule has 1 aromatic heterocycles. The maximum absolute atomic E-state index is 12.5. The van der Waals surface area contributed by atoms with Gasteiger partial charge in [0.05, 0.1) is 11.1 Å². The van der Waals surface area contributed by atoms with Crippen LogP contribution in [0.5, 0.6) is 0 Å². The molecule has 2 rings (SSSR count). The quantitative estimate of drug-likeness (QED) is 0.708. The van der Waals surface area contributed by atoms with Gasteiger partial charge >= 0.3 is 6.18 Å². The molecule has 0 saturated carbocycles. The van der Waals surface area contributed by atoms with Crippen molar-refractivity contribution in [3.05, 3.63) is 40.5 Å². The fraction of sp³-hybridized carbons (Fsp3) is 0.100. The Hall–Kier alpha value is -1.10. The molecule has 0 saturated heterocycles. The molecule has 0 atom stereocenters. The van der Waals surface area contributed by atoms with E-state index in [0.717, 1.165) is 6.07 Å². The molecule has 15 heavy (non-hydrogen) atoms. The smallest absolute Gasteiger partial charge is 0.256 e. The largest absolute Gasteiger partial charge is 0.417 e. The van der Waals surface area contributed by atoms with E-state index in [1.807, 2.05) is 0 Å². The third-order valence-corrected chi connectivity index (χ3v) is 2.65. The van der Waals surface area contributed by atoms with Crippen LogP contribution in [0.15, 0.2) is 34.9 Å². The number of aromatic nitrogens is 1. The number of rotatable bonds is 0. The van der Waals surface area contributed by atoms with Crippen molar-refractivity contribution in [2.24, 2.45) is 0 Å². The van der Waals surface area contributed by atoms with Gasteiger partial charge in [-0.25, -0.2) is 0 Å². The number of nitrogens with zero attached hydrogens (tertiary/aromatic N) is 1. The van der Waals surface area contributed by atoms with Gasteiger partial charge < -0.3 is 0 Å². The van der Waals surface area contributed by atoms with Crippen LogP contribution in [0.25, 0.3) is 10.9 Å². The lowest BCUT2D eigenvalue weighted by Crippen LogP contribution is -2.06. The van der Waals surface area contributed by atoms with Crippen molar-refractivity contribution >= 4 is 26.8 Å². The lowest BCUT2D eigenvalue weighted by Gasteiger charge is -2.09. The average molecular weight is 276 g/mol. The van der Waals surface area contributed by atoms with Gasteiger partial charge in [0.2, 0.25) is 0 Å². The Morgan fingerprint density at radius 2 is 1.93 bits per heavy atom. The molecule has 0 aliphatic rings. The predicted octanol–water partition coefficient (Wildman–Crippen LogP) is 4.02. The molecule has 0 radical (unpaired) electrons. The Morgan fingerprint density at radius 1 is 1.20 bits per heavy atom. The van der Waals surface area contributed by atoms with Crippen molar-refractivity contribution in [2.45, 2.75) is 6.18 Å². The summed E-state index contributed by atoms with van der Waals surface area (Å²) in [5.41, 5.74) is -0.360. The lowest BCUT2D eigenvalue weighted by atomic mass is 10.1. The molecule has 0 unspecified atom stereocenters. The molecule has 0 spiro atoms. The molecule has 2 aromatic rings. The van der Waals surface area contributed by atoms with Gasteiger partial charge in [-0.3, -0.25) is 4.98 Å². The van der Waals surface area contributed by atoms with Gasteiger partial charge in [0.1, 0.15) is 0 Å². The molecule has 0 aliphatic heterocycles. The summed E-state index contributed by atoms with van der Waals surface area (Å²) in [6.45, 7) is 0. The van der Waals surface area contributed by atoms with E-state index in [-0.39, 0.29) is 4.47 Å². The van der Waals surface area contributed by atoms with E-state index in [0.29, 0.717) is 10.9 Å². The summed E-state index contributed by atoms with van der Waals surface area (Å²) in [5.74, 6) is 0. The minimum atomic E-state index is -4.36. The molecule has 1 aromatic carbocycles. The molecular weight excluding hydrogens is 271 g/mol. The van der Waals surface area contributed by atoms with Crippen molar-refractivity contribution in [3.63, 3.8) is 0 Å². The summed E-state index contributed by atoms with van der Waals surface area (Å²) in [5, 5.41) is 0.678. The zero-order valence-corrected chi connectivity index (χ0v) is 8.93. The Bertz CT molecular complexity index is 507. The minimum absolute atomic E-state index is 0.0375. The number of benzene rings is 1. The maximum atomic E-state index is 12.5. The highest BCUT2D eigenvalue weighted by atomic mass is 79.9. The van der Waals surface area contributed by atoms with Gasteiger partial charge in [-0.2, -0.15) is 13.2 Å². The SMILES string of the molecule is FC(F)(F)c1cc2ncccc2cc1Br. The predicted molar refractivity (Wildman–Crippen MR) is 54.4 cm³/mol. The first-order valence-corrected chi connectivity index (χ1v) is 4.89. The summed E-state index contributed by atoms with van der Waals surface area (Å²) in [4.78, 5) is 3.88. The molecule has 0 amide bonds. The highest BCUT2D eigenvalue weighted by Gasteiger charge is 2.33. The minimum Gasteiger partial charge on any atom is -0.256 e. The van der Waals surface area contributed by atoms with Gasteiger partial charge in [0, 0.05) is 16.1 Å². The maximum Gasteiger partial charge on any atom is 0.417 e. The van der Waals surface area contributed by atoms with Crippen molar-refractivity contribution < 1.29 is 13.2 Å². The Balaban J connectivity index is 2.73. The molecule has 78 valence electrons. The van der Waals surface area contributed by atoms with Crippen LogP contribution >= 0.6 is 15.9 Å². The normalized spacial score (nSPS) is 12.0. The van der Waals surface area contributed by atoms with Crippen LogP contribution in [0.3, 0.4) is 0 Å². The summed E-state index contributed by atoms with van der Waals surface area (Å²) >= 11 is 2.91. The van der Waals surface area contributed by atoms with Gasteiger partial charge in [0.15, 0.2) is 0 Å². The van der Waals surface area contributed by atoms with Crippen LogP contribution < -0.4 is 0 Å². The molecular formula is C10H5BrF3N. The molecule has 1 nitrogen and oxygen atoms in total. The Morgan fingerprint density at radius 3 is 2.60 bits per heavy atom. The van der Waals surface area contributed by atoms with Gasteiger partial charge in [-0.05, 0) is 18.2 Å². The number of hydrogen-bond acceptors (Lipinski definition) is 1. The molecule has 5 heteroatoms. The second-order valence-corrected chi connectivity index (χ2v) is 3.88. The van der Waals surface area contributed by atoms with Crippen LogP contribution in [0.1, 0.15) is 5.56 Å². The number of fused-ring (bicyclic) bond motifs is 1. The molecule has 0 N–H and O–H groups in total. The van der Waals surface area contributed by atoms with E-state index in [2.05, 4.69) is 20.9 Å². The summed E-state index contributed by atoms with van der Waals surface area (Å²) in [7, 11) is 0. The van der Waals surface area contributed by atoms with Crippen LogP contribution in [-0.4, -0.2) is 4.98 Å². The number of pyridine rings is 1. The van der Waals surface area contributed by atoms with E-state index >= 15 is 0 Å². The molecule has 1 heterocycles. The Kier molecular flexibility index (Phi) is 2.42. The molecule has 0 bridgehead atoms. The van der Waals surface area contributed by atoms with Crippen LogP contribution in [0.4, 0.5) is 13.2 Å². The first kappa shape index (κ1) is 10.4. The first-order chi connectivity index (χ1) is 6.98. The first-order valence-electron chi connectivity index (χ1n) is 4.10.